The second-order valence-electron chi connectivity index (χ2n) is 10.1. The minimum absolute atomic E-state index is 0.134. The number of halogens is 1. The molecule has 212 valence electrons. The van der Waals surface area contributed by atoms with Crippen molar-refractivity contribution in [2.24, 2.45) is 16.6 Å². The fraction of sp³-hybridized carbons (Fsp3) is 0.188. The van der Waals surface area contributed by atoms with Crippen LogP contribution in [-0.2, 0) is 16.2 Å². The number of rotatable bonds is 7. The molecular formula is C32H28FN5O3S. The lowest BCUT2D eigenvalue weighted by Gasteiger charge is -2.31. The highest BCUT2D eigenvalue weighted by Gasteiger charge is 2.31. The normalized spacial score (nSPS) is 16.6. The summed E-state index contributed by atoms with van der Waals surface area (Å²) in [6.07, 6.45) is 5.04. The van der Waals surface area contributed by atoms with E-state index in [2.05, 4.69) is 4.99 Å². The Bertz CT molecular complexity index is 1660. The molecule has 2 amide bonds. The number of piperidine rings is 1. The first-order valence-electron chi connectivity index (χ1n) is 13.6. The van der Waals surface area contributed by atoms with Gasteiger partial charge in [-0.3, -0.25) is 9.59 Å². The van der Waals surface area contributed by atoms with Crippen LogP contribution >= 0.6 is 11.8 Å². The van der Waals surface area contributed by atoms with Crippen LogP contribution in [0.3, 0.4) is 0 Å². The average molecular weight is 582 g/mol. The van der Waals surface area contributed by atoms with Gasteiger partial charge in [0.15, 0.2) is 5.17 Å². The number of nitrogens with zero attached hydrogens (tertiary/aromatic N) is 4. The Hall–Kier alpha value is -4.70. The molecular weight excluding hydrogens is 553 g/mol. The van der Waals surface area contributed by atoms with Crippen molar-refractivity contribution >= 4 is 34.8 Å². The van der Waals surface area contributed by atoms with Gasteiger partial charge in [-0.1, -0.05) is 30.3 Å². The van der Waals surface area contributed by atoms with Crippen molar-refractivity contribution < 1.29 is 18.7 Å². The van der Waals surface area contributed by atoms with Gasteiger partial charge in [-0.15, -0.1) is 0 Å². The van der Waals surface area contributed by atoms with Crippen molar-refractivity contribution in [3.63, 3.8) is 0 Å². The molecule has 0 spiro atoms. The molecule has 1 saturated heterocycles. The van der Waals surface area contributed by atoms with Gasteiger partial charge in [-0.25, -0.2) is 9.07 Å². The SMILES string of the molecule is NC(=O)C1CCN(C2=NC(=O)C(=Cc3cn(-c4ccccc4)nc3-c3ccc(OCc4ccc(F)cc4)cc3)S2)CC1. The molecule has 3 heterocycles. The second kappa shape index (κ2) is 12.0. The van der Waals surface area contributed by atoms with Crippen LogP contribution in [0.4, 0.5) is 4.39 Å². The maximum Gasteiger partial charge on any atom is 0.286 e. The highest BCUT2D eigenvalue weighted by atomic mass is 32.2. The Kier molecular flexibility index (Phi) is 7.87. The maximum absolute atomic E-state index is 13.2. The summed E-state index contributed by atoms with van der Waals surface area (Å²) in [6.45, 7) is 1.58. The predicted octanol–water partition coefficient (Wildman–Crippen LogP) is 5.43. The molecule has 0 atom stereocenters. The lowest BCUT2D eigenvalue weighted by Crippen LogP contribution is -2.40. The van der Waals surface area contributed by atoms with Crippen LogP contribution in [0.25, 0.3) is 23.0 Å². The number of primary amides is 1. The summed E-state index contributed by atoms with van der Waals surface area (Å²) in [5, 5.41) is 5.51. The number of para-hydroxylation sites is 1. The van der Waals surface area contributed by atoms with E-state index in [1.807, 2.05) is 71.8 Å². The van der Waals surface area contributed by atoms with Crippen molar-refractivity contribution in [3.05, 3.63) is 107 Å². The number of carbonyl (C=O) groups is 2. The molecule has 0 bridgehead atoms. The van der Waals surface area contributed by atoms with E-state index in [0.29, 0.717) is 54.1 Å². The van der Waals surface area contributed by atoms with Gasteiger partial charge >= 0.3 is 0 Å². The highest BCUT2D eigenvalue weighted by molar-refractivity contribution is 8.18. The first-order valence-corrected chi connectivity index (χ1v) is 14.4. The van der Waals surface area contributed by atoms with Gasteiger partial charge in [0.25, 0.3) is 5.91 Å². The van der Waals surface area contributed by atoms with E-state index in [9.17, 15) is 14.0 Å². The molecule has 0 aliphatic carbocycles. The minimum atomic E-state index is -0.296. The third-order valence-corrected chi connectivity index (χ3v) is 8.32. The summed E-state index contributed by atoms with van der Waals surface area (Å²) < 4.78 is 20.9. The van der Waals surface area contributed by atoms with E-state index < -0.39 is 0 Å². The number of ether oxygens (including phenoxy) is 1. The molecule has 2 N–H and O–H groups in total. The largest absolute Gasteiger partial charge is 0.489 e. The summed E-state index contributed by atoms with van der Waals surface area (Å²) in [7, 11) is 0. The fourth-order valence-electron chi connectivity index (χ4n) is 4.92. The van der Waals surface area contributed by atoms with Gasteiger partial charge in [-0.2, -0.15) is 10.1 Å². The van der Waals surface area contributed by atoms with Gasteiger partial charge in [-0.05, 0) is 84.8 Å². The summed E-state index contributed by atoms with van der Waals surface area (Å²) >= 11 is 1.34. The molecule has 0 saturated carbocycles. The van der Waals surface area contributed by atoms with Crippen LogP contribution in [0.1, 0.15) is 24.0 Å². The highest BCUT2D eigenvalue weighted by Crippen LogP contribution is 2.35. The zero-order chi connectivity index (χ0) is 29.1. The molecule has 1 aromatic heterocycles. The molecule has 2 aliphatic heterocycles. The molecule has 6 rings (SSSR count). The number of carbonyl (C=O) groups excluding carboxylic acids is 2. The number of aliphatic imine (C=N–C) groups is 1. The quantitative estimate of drug-likeness (QED) is 0.292. The molecule has 3 aromatic carbocycles. The molecule has 2 aliphatic rings. The molecule has 8 nitrogen and oxygen atoms in total. The molecule has 1 fully saturated rings. The standard InChI is InChI=1S/C32H28FN5O3S/c33-25-10-6-21(7-11-25)20-41-27-12-8-22(9-13-27)29-24(19-38(36-29)26-4-2-1-3-5-26)18-28-31(40)35-32(42-28)37-16-14-23(15-17-37)30(34)39/h1-13,18-19,23H,14-17,20H2,(H2,34,39). The Morgan fingerprint density at radius 3 is 2.43 bits per heavy atom. The Morgan fingerprint density at radius 2 is 1.74 bits per heavy atom. The van der Waals surface area contributed by atoms with Gasteiger partial charge < -0.3 is 15.4 Å². The number of nitrogens with two attached hydrogens (primary N) is 1. The molecule has 4 aromatic rings. The summed E-state index contributed by atoms with van der Waals surface area (Å²) in [4.78, 5) is 31.3. The number of thioether (sulfide) groups is 1. The first-order chi connectivity index (χ1) is 20.4. The van der Waals surface area contributed by atoms with Crippen LogP contribution in [0.15, 0.2) is 95.0 Å². The Labute approximate surface area is 246 Å². The number of hydrogen-bond donors (Lipinski definition) is 1. The Morgan fingerprint density at radius 1 is 1.02 bits per heavy atom. The number of benzene rings is 3. The topological polar surface area (TPSA) is 103 Å². The van der Waals surface area contributed by atoms with E-state index in [0.717, 1.165) is 22.4 Å². The van der Waals surface area contributed by atoms with Crippen LogP contribution in [0, 0.1) is 11.7 Å². The second-order valence-corrected chi connectivity index (χ2v) is 11.1. The lowest BCUT2D eigenvalue weighted by atomic mass is 9.97. The molecule has 0 unspecified atom stereocenters. The number of amidine groups is 1. The minimum Gasteiger partial charge on any atom is -0.489 e. The number of aromatic nitrogens is 2. The number of amides is 2. The third kappa shape index (κ3) is 6.13. The van der Waals surface area contributed by atoms with Crippen molar-refractivity contribution in [1.29, 1.82) is 0 Å². The van der Waals surface area contributed by atoms with E-state index >= 15 is 0 Å². The molecule has 0 radical (unpaired) electrons. The van der Waals surface area contributed by atoms with E-state index in [1.54, 1.807) is 16.8 Å². The van der Waals surface area contributed by atoms with Crippen LogP contribution < -0.4 is 10.5 Å². The van der Waals surface area contributed by atoms with Gasteiger partial charge in [0.2, 0.25) is 5.91 Å². The molecule has 42 heavy (non-hydrogen) atoms. The molecule has 10 heteroatoms. The lowest BCUT2D eigenvalue weighted by molar-refractivity contribution is -0.123. The van der Waals surface area contributed by atoms with Gasteiger partial charge in [0, 0.05) is 36.3 Å². The van der Waals surface area contributed by atoms with E-state index in [4.69, 9.17) is 15.6 Å². The summed E-state index contributed by atoms with van der Waals surface area (Å²) in [5.41, 5.74) is 9.57. The van der Waals surface area contributed by atoms with Gasteiger partial charge in [0.05, 0.1) is 16.3 Å². The fourth-order valence-corrected chi connectivity index (χ4v) is 5.87. The maximum atomic E-state index is 13.2. The third-order valence-electron chi connectivity index (χ3n) is 7.27. The average Bonchev–Trinajstić information content (AvgIpc) is 3.61. The van der Waals surface area contributed by atoms with Crippen LogP contribution in [0.5, 0.6) is 5.75 Å². The van der Waals surface area contributed by atoms with E-state index in [1.165, 1.54) is 23.9 Å². The van der Waals surface area contributed by atoms with Crippen molar-refractivity contribution in [2.45, 2.75) is 19.4 Å². The van der Waals surface area contributed by atoms with E-state index in [-0.39, 0.29) is 23.5 Å². The van der Waals surface area contributed by atoms with Crippen LogP contribution in [-0.4, -0.2) is 44.8 Å². The van der Waals surface area contributed by atoms with Crippen LogP contribution in [0.2, 0.25) is 0 Å². The number of likely N-dealkylation sites (tertiary alicyclic amines) is 1. The predicted molar refractivity (Wildman–Crippen MR) is 161 cm³/mol. The smallest absolute Gasteiger partial charge is 0.286 e. The monoisotopic (exact) mass is 581 g/mol. The first kappa shape index (κ1) is 27.5. The Balaban J connectivity index is 1.23. The summed E-state index contributed by atoms with van der Waals surface area (Å²) in [6, 6.07) is 23.6. The van der Waals surface area contributed by atoms with Crippen molar-refractivity contribution in [3.8, 4) is 22.7 Å². The number of hydrogen-bond acceptors (Lipinski definition) is 6. The summed E-state index contributed by atoms with van der Waals surface area (Å²) in [5.74, 6) is -0.318. The zero-order valence-electron chi connectivity index (χ0n) is 22.7. The van der Waals surface area contributed by atoms with Crippen molar-refractivity contribution in [1.82, 2.24) is 14.7 Å². The van der Waals surface area contributed by atoms with Gasteiger partial charge in [0.1, 0.15) is 18.2 Å². The van der Waals surface area contributed by atoms with Crippen molar-refractivity contribution in [2.75, 3.05) is 13.1 Å². The zero-order valence-corrected chi connectivity index (χ0v) is 23.5.